The van der Waals surface area contributed by atoms with Crippen LogP contribution < -0.4 is 10.2 Å². The molecule has 0 fully saturated rings. The van der Waals surface area contributed by atoms with Crippen LogP contribution in [0.2, 0.25) is 0 Å². The van der Waals surface area contributed by atoms with Gasteiger partial charge in [-0.1, -0.05) is 24.8 Å². The quantitative estimate of drug-likeness (QED) is 0.659. The van der Waals surface area contributed by atoms with Gasteiger partial charge in [-0.2, -0.15) is 0 Å². The van der Waals surface area contributed by atoms with Crippen molar-refractivity contribution >= 4 is 28.4 Å². The normalized spacial score (nSPS) is 10.6. The van der Waals surface area contributed by atoms with Crippen LogP contribution in [0.3, 0.4) is 0 Å². The first kappa shape index (κ1) is 18.5. The Labute approximate surface area is 158 Å². The van der Waals surface area contributed by atoms with E-state index in [9.17, 15) is 9.59 Å². The van der Waals surface area contributed by atoms with E-state index < -0.39 is 0 Å². The van der Waals surface area contributed by atoms with Gasteiger partial charge in [-0.25, -0.2) is 0 Å². The number of anilines is 1. The fourth-order valence-electron chi connectivity index (χ4n) is 3.16. The Morgan fingerprint density at radius 1 is 1.15 bits per heavy atom. The van der Waals surface area contributed by atoms with Gasteiger partial charge >= 0.3 is 0 Å². The molecule has 0 aliphatic carbocycles. The Bertz CT molecular complexity index is 986. The number of likely N-dealkylation sites (N-methyl/N-ethyl adjacent to an activating group) is 1. The minimum absolute atomic E-state index is 0.128. The third kappa shape index (κ3) is 3.92. The zero-order valence-corrected chi connectivity index (χ0v) is 15.6. The molecule has 1 heterocycles. The summed E-state index contributed by atoms with van der Waals surface area (Å²) in [7, 11) is 1.67. The lowest BCUT2D eigenvalue weighted by Crippen LogP contribution is -2.26. The number of nitrogens with zero attached hydrogens (tertiary/aromatic N) is 1. The molecular formula is C22H23N3O2. The SMILES string of the molecule is C=CC(=O)N(C)c1ccc(C(=O)NCCc2c(C)[nH]c3ccccc23)cc1. The zero-order chi connectivity index (χ0) is 19.4. The molecule has 0 unspecified atom stereocenters. The number of carbonyl (C=O) groups excluding carboxylic acids is 2. The monoisotopic (exact) mass is 361 g/mol. The molecule has 2 amide bonds. The molecule has 0 aliphatic rings. The van der Waals surface area contributed by atoms with E-state index in [0.29, 0.717) is 17.8 Å². The number of aromatic amines is 1. The van der Waals surface area contributed by atoms with E-state index in [-0.39, 0.29) is 11.8 Å². The molecule has 0 aliphatic heterocycles. The van der Waals surface area contributed by atoms with E-state index in [1.807, 2.05) is 12.1 Å². The van der Waals surface area contributed by atoms with Crippen LogP contribution in [0.4, 0.5) is 5.69 Å². The number of fused-ring (bicyclic) bond motifs is 1. The highest BCUT2D eigenvalue weighted by atomic mass is 16.2. The van der Waals surface area contributed by atoms with E-state index >= 15 is 0 Å². The molecule has 2 aromatic carbocycles. The first-order valence-corrected chi connectivity index (χ1v) is 8.86. The van der Waals surface area contributed by atoms with Crippen molar-refractivity contribution in [2.45, 2.75) is 13.3 Å². The van der Waals surface area contributed by atoms with Crippen molar-refractivity contribution in [2.75, 3.05) is 18.5 Å². The molecule has 5 nitrogen and oxygen atoms in total. The molecule has 27 heavy (non-hydrogen) atoms. The third-order valence-electron chi connectivity index (χ3n) is 4.71. The number of amides is 2. The maximum Gasteiger partial charge on any atom is 0.251 e. The Morgan fingerprint density at radius 2 is 1.85 bits per heavy atom. The summed E-state index contributed by atoms with van der Waals surface area (Å²) in [5.41, 5.74) is 4.75. The van der Waals surface area contributed by atoms with Gasteiger partial charge in [0.05, 0.1) is 0 Å². The van der Waals surface area contributed by atoms with E-state index in [1.54, 1.807) is 31.3 Å². The van der Waals surface area contributed by atoms with Crippen molar-refractivity contribution in [1.82, 2.24) is 10.3 Å². The number of hydrogen-bond acceptors (Lipinski definition) is 2. The molecule has 138 valence electrons. The van der Waals surface area contributed by atoms with E-state index in [0.717, 1.165) is 17.6 Å². The minimum Gasteiger partial charge on any atom is -0.358 e. The lowest BCUT2D eigenvalue weighted by molar-refractivity contribution is -0.113. The van der Waals surface area contributed by atoms with Crippen molar-refractivity contribution in [3.63, 3.8) is 0 Å². The molecular weight excluding hydrogens is 338 g/mol. The smallest absolute Gasteiger partial charge is 0.251 e. The van der Waals surface area contributed by atoms with Gasteiger partial charge in [0.15, 0.2) is 0 Å². The highest BCUT2D eigenvalue weighted by Crippen LogP contribution is 2.22. The third-order valence-corrected chi connectivity index (χ3v) is 4.71. The molecule has 1 aromatic heterocycles. The van der Waals surface area contributed by atoms with Crippen LogP contribution in [0.1, 0.15) is 21.6 Å². The van der Waals surface area contributed by atoms with Crippen LogP contribution >= 0.6 is 0 Å². The summed E-state index contributed by atoms with van der Waals surface area (Å²) in [4.78, 5) is 28.9. The van der Waals surface area contributed by atoms with Gasteiger partial charge in [0, 0.05) is 41.4 Å². The van der Waals surface area contributed by atoms with Gasteiger partial charge in [0.1, 0.15) is 0 Å². The lowest BCUT2D eigenvalue weighted by Gasteiger charge is -2.15. The van der Waals surface area contributed by atoms with Crippen LogP contribution in [-0.4, -0.2) is 30.4 Å². The standard InChI is InChI=1S/C22H23N3O2/c1-4-21(26)25(3)17-11-9-16(10-12-17)22(27)23-14-13-18-15(2)24-20-8-6-5-7-19(18)20/h4-12,24H,1,13-14H2,2-3H3,(H,23,27). The molecule has 0 saturated heterocycles. The number of nitrogens with one attached hydrogen (secondary N) is 2. The summed E-state index contributed by atoms with van der Waals surface area (Å²) in [6.07, 6.45) is 2.02. The molecule has 0 radical (unpaired) electrons. The summed E-state index contributed by atoms with van der Waals surface area (Å²) in [5.74, 6) is -0.321. The number of para-hydroxylation sites is 1. The van der Waals surface area contributed by atoms with Crippen LogP contribution in [0.5, 0.6) is 0 Å². The van der Waals surface area contributed by atoms with Crippen molar-refractivity contribution in [3.05, 3.63) is 78.0 Å². The number of aryl methyl sites for hydroxylation is 1. The van der Waals surface area contributed by atoms with Gasteiger partial charge in [-0.15, -0.1) is 0 Å². The molecule has 3 aromatic rings. The fourth-order valence-corrected chi connectivity index (χ4v) is 3.16. The summed E-state index contributed by atoms with van der Waals surface area (Å²) in [5, 5.41) is 4.16. The highest BCUT2D eigenvalue weighted by molar-refractivity contribution is 6.01. The highest BCUT2D eigenvalue weighted by Gasteiger charge is 2.11. The van der Waals surface area contributed by atoms with E-state index in [2.05, 4.69) is 35.9 Å². The predicted octanol–water partition coefficient (Wildman–Crippen LogP) is 3.60. The fraction of sp³-hybridized carbons (Fsp3) is 0.182. The molecule has 0 atom stereocenters. The second-order valence-electron chi connectivity index (χ2n) is 6.43. The second-order valence-corrected chi connectivity index (χ2v) is 6.43. The first-order chi connectivity index (χ1) is 13.0. The van der Waals surface area contributed by atoms with Gasteiger partial charge in [-0.05, 0) is 55.3 Å². The summed E-state index contributed by atoms with van der Waals surface area (Å²) >= 11 is 0. The lowest BCUT2D eigenvalue weighted by atomic mass is 10.1. The molecule has 0 bridgehead atoms. The average Bonchev–Trinajstić information content (AvgIpc) is 3.02. The van der Waals surface area contributed by atoms with Gasteiger partial charge in [0.2, 0.25) is 5.91 Å². The van der Waals surface area contributed by atoms with Crippen LogP contribution in [0.25, 0.3) is 10.9 Å². The van der Waals surface area contributed by atoms with Crippen molar-refractivity contribution in [1.29, 1.82) is 0 Å². The molecule has 3 rings (SSSR count). The minimum atomic E-state index is -0.193. The zero-order valence-electron chi connectivity index (χ0n) is 15.6. The van der Waals surface area contributed by atoms with Crippen molar-refractivity contribution in [2.24, 2.45) is 0 Å². The second kappa shape index (κ2) is 7.91. The number of H-pyrrole nitrogens is 1. The predicted molar refractivity (Wildman–Crippen MR) is 109 cm³/mol. The van der Waals surface area contributed by atoms with Gasteiger partial charge in [-0.3, -0.25) is 9.59 Å². The summed E-state index contributed by atoms with van der Waals surface area (Å²) in [6.45, 7) is 6.08. The van der Waals surface area contributed by atoms with Crippen LogP contribution in [0, 0.1) is 6.92 Å². The summed E-state index contributed by atoms with van der Waals surface area (Å²) < 4.78 is 0. The molecule has 0 spiro atoms. The molecule has 5 heteroatoms. The number of aromatic nitrogens is 1. The topological polar surface area (TPSA) is 65.2 Å². The average molecular weight is 361 g/mol. The largest absolute Gasteiger partial charge is 0.358 e. The van der Waals surface area contributed by atoms with E-state index in [4.69, 9.17) is 0 Å². The Morgan fingerprint density at radius 3 is 2.56 bits per heavy atom. The maximum absolute atomic E-state index is 12.4. The van der Waals surface area contributed by atoms with Crippen molar-refractivity contribution < 1.29 is 9.59 Å². The molecule has 2 N–H and O–H groups in total. The van der Waals surface area contributed by atoms with Crippen molar-refractivity contribution in [3.8, 4) is 0 Å². The Kier molecular flexibility index (Phi) is 5.41. The van der Waals surface area contributed by atoms with Crippen LogP contribution in [-0.2, 0) is 11.2 Å². The Hall–Kier alpha value is -3.34. The number of carbonyl (C=O) groups is 2. The number of hydrogen-bond donors (Lipinski definition) is 2. The van der Waals surface area contributed by atoms with E-state index in [1.165, 1.54) is 21.9 Å². The Balaban J connectivity index is 1.61. The molecule has 0 saturated carbocycles. The summed E-state index contributed by atoms with van der Waals surface area (Å²) in [6, 6.07) is 15.1. The maximum atomic E-state index is 12.4. The number of benzene rings is 2. The first-order valence-electron chi connectivity index (χ1n) is 8.86. The number of rotatable bonds is 6. The van der Waals surface area contributed by atoms with Gasteiger partial charge in [0.25, 0.3) is 5.91 Å². The van der Waals surface area contributed by atoms with Gasteiger partial charge < -0.3 is 15.2 Å². The van der Waals surface area contributed by atoms with Crippen LogP contribution in [0.15, 0.2) is 61.2 Å².